The number of thioether (sulfide) groups is 1. The van der Waals surface area contributed by atoms with Gasteiger partial charge in [-0.25, -0.2) is 4.79 Å². The zero-order valence-electron chi connectivity index (χ0n) is 12.1. The predicted molar refractivity (Wildman–Crippen MR) is 84.1 cm³/mol. The van der Waals surface area contributed by atoms with Crippen molar-refractivity contribution in [2.24, 2.45) is 0 Å². The lowest BCUT2D eigenvalue weighted by atomic mass is 9.91. The summed E-state index contributed by atoms with van der Waals surface area (Å²) in [5.41, 5.74) is -0.105. The Hall–Kier alpha value is -1.00. The highest BCUT2D eigenvalue weighted by atomic mass is 32.2. The summed E-state index contributed by atoms with van der Waals surface area (Å²) in [5.74, 6) is -0.205. The molecule has 2 atom stereocenters. The first-order chi connectivity index (χ1) is 9.58. The van der Waals surface area contributed by atoms with Gasteiger partial charge in [-0.05, 0) is 24.8 Å². The van der Waals surface area contributed by atoms with Crippen molar-refractivity contribution in [1.82, 2.24) is 5.32 Å². The molecular weight excluding hydrogens is 270 g/mol. The van der Waals surface area contributed by atoms with Crippen LogP contribution in [0.5, 0.6) is 0 Å². The van der Waals surface area contributed by atoms with Gasteiger partial charge in [0.25, 0.3) is 0 Å². The van der Waals surface area contributed by atoms with Crippen LogP contribution in [0.2, 0.25) is 0 Å². The Labute approximate surface area is 125 Å². The Balaban J connectivity index is 2.26. The van der Waals surface area contributed by atoms with Crippen LogP contribution in [0.25, 0.3) is 0 Å². The van der Waals surface area contributed by atoms with E-state index in [-0.39, 0.29) is 0 Å². The molecule has 1 aliphatic rings. The monoisotopic (exact) mass is 293 g/mol. The van der Waals surface area contributed by atoms with E-state index >= 15 is 0 Å². The highest BCUT2D eigenvalue weighted by molar-refractivity contribution is 7.99. The molecule has 0 aliphatic heterocycles. The summed E-state index contributed by atoms with van der Waals surface area (Å²) in [7, 11) is 0. The van der Waals surface area contributed by atoms with Crippen LogP contribution in [-0.2, 0) is 10.3 Å². The van der Waals surface area contributed by atoms with Crippen LogP contribution < -0.4 is 5.32 Å². The van der Waals surface area contributed by atoms with Gasteiger partial charge in [0.05, 0.1) is 0 Å². The number of hydrogen-bond acceptors (Lipinski definition) is 3. The highest BCUT2D eigenvalue weighted by Gasteiger charge is 2.44. The topological polar surface area (TPSA) is 49.3 Å². The highest BCUT2D eigenvalue weighted by Crippen LogP contribution is 2.33. The number of carboxylic acids is 1. The molecule has 20 heavy (non-hydrogen) atoms. The van der Waals surface area contributed by atoms with Crippen LogP contribution in [0.3, 0.4) is 0 Å². The first-order valence-corrected chi connectivity index (χ1v) is 8.31. The van der Waals surface area contributed by atoms with Crippen molar-refractivity contribution >= 4 is 17.7 Å². The lowest BCUT2D eigenvalue weighted by Gasteiger charge is -2.32. The molecule has 0 bridgehead atoms. The number of nitrogens with one attached hydrogen (secondary N) is 1. The van der Waals surface area contributed by atoms with Gasteiger partial charge in [0.1, 0.15) is 0 Å². The van der Waals surface area contributed by atoms with Crippen molar-refractivity contribution in [3.8, 4) is 0 Å². The van der Waals surface area contributed by atoms with Crippen LogP contribution in [0.4, 0.5) is 0 Å². The SMILES string of the molecule is CCC(C)SCC(NC1CC1)(C(=O)O)c1ccccc1. The van der Waals surface area contributed by atoms with E-state index in [2.05, 4.69) is 19.2 Å². The van der Waals surface area contributed by atoms with Crippen molar-refractivity contribution in [3.05, 3.63) is 35.9 Å². The number of rotatable bonds is 8. The minimum Gasteiger partial charge on any atom is -0.480 e. The molecule has 1 aromatic carbocycles. The quantitative estimate of drug-likeness (QED) is 0.772. The Bertz CT molecular complexity index is 447. The van der Waals surface area contributed by atoms with Gasteiger partial charge >= 0.3 is 5.97 Å². The Kier molecular flexibility index (Phi) is 5.11. The van der Waals surface area contributed by atoms with Gasteiger partial charge < -0.3 is 5.11 Å². The molecule has 1 saturated carbocycles. The molecule has 0 amide bonds. The second-order valence-electron chi connectivity index (χ2n) is 5.52. The van der Waals surface area contributed by atoms with Crippen molar-refractivity contribution < 1.29 is 9.90 Å². The second kappa shape index (κ2) is 6.64. The summed E-state index contributed by atoms with van der Waals surface area (Å²) in [4.78, 5) is 12.0. The lowest BCUT2D eigenvalue weighted by Crippen LogP contribution is -2.52. The van der Waals surface area contributed by atoms with E-state index in [1.165, 1.54) is 0 Å². The molecule has 0 saturated heterocycles. The summed E-state index contributed by atoms with van der Waals surface area (Å²) in [5, 5.41) is 13.7. The van der Waals surface area contributed by atoms with Gasteiger partial charge in [-0.3, -0.25) is 5.32 Å². The van der Waals surface area contributed by atoms with E-state index < -0.39 is 11.5 Å². The molecule has 2 N–H and O–H groups in total. The zero-order chi connectivity index (χ0) is 14.6. The summed E-state index contributed by atoms with van der Waals surface area (Å²) >= 11 is 1.73. The average Bonchev–Trinajstić information content (AvgIpc) is 3.27. The fraction of sp³-hybridized carbons (Fsp3) is 0.562. The van der Waals surface area contributed by atoms with Crippen molar-refractivity contribution in [3.63, 3.8) is 0 Å². The standard InChI is InChI=1S/C16H23NO2S/c1-3-12(2)20-11-16(15(18)19,17-14-9-10-14)13-7-5-4-6-8-13/h4-8,12,14,17H,3,9-11H2,1-2H3,(H,18,19). The van der Waals surface area contributed by atoms with Crippen molar-refractivity contribution in [2.45, 2.75) is 49.9 Å². The maximum atomic E-state index is 12.0. The molecule has 2 rings (SSSR count). The fourth-order valence-electron chi connectivity index (χ4n) is 2.14. The third-order valence-corrected chi connectivity index (χ3v) is 5.32. The molecule has 0 aromatic heterocycles. The van der Waals surface area contributed by atoms with Gasteiger partial charge in [-0.15, -0.1) is 0 Å². The van der Waals surface area contributed by atoms with Gasteiger partial charge in [-0.1, -0.05) is 44.2 Å². The fourth-order valence-corrected chi connectivity index (χ4v) is 3.28. The third kappa shape index (κ3) is 3.55. The molecule has 1 fully saturated rings. The summed E-state index contributed by atoms with van der Waals surface area (Å²) in [6.45, 7) is 4.29. The van der Waals surface area contributed by atoms with Crippen molar-refractivity contribution in [1.29, 1.82) is 0 Å². The predicted octanol–water partition coefficient (Wildman–Crippen LogP) is 3.25. The number of carbonyl (C=O) groups is 1. The lowest BCUT2D eigenvalue weighted by molar-refractivity contribution is -0.144. The van der Waals surface area contributed by atoms with E-state index in [1.54, 1.807) is 11.8 Å². The van der Waals surface area contributed by atoms with E-state index in [9.17, 15) is 9.90 Å². The second-order valence-corrected chi connectivity index (χ2v) is 6.95. The molecule has 2 unspecified atom stereocenters. The minimum absolute atomic E-state index is 0.351. The Morgan fingerprint density at radius 3 is 2.60 bits per heavy atom. The molecule has 110 valence electrons. The van der Waals surface area contributed by atoms with Gasteiger partial charge in [0, 0.05) is 17.0 Å². The number of hydrogen-bond donors (Lipinski definition) is 2. The molecule has 3 nitrogen and oxygen atoms in total. The van der Waals surface area contributed by atoms with E-state index in [0.717, 1.165) is 24.8 Å². The van der Waals surface area contributed by atoms with Crippen LogP contribution in [0, 0.1) is 0 Å². The molecule has 0 heterocycles. The van der Waals surface area contributed by atoms with Crippen molar-refractivity contribution in [2.75, 3.05) is 5.75 Å². The molecular formula is C16H23NO2S. The molecule has 1 aromatic rings. The Morgan fingerprint density at radius 2 is 2.10 bits per heavy atom. The molecule has 0 spiro atoms. The van der Waals surface area contributed by atoms with Crippen LogP contribution in [0.1, 0.15) is 38.7 Å². The normalized spacial score (nSPS) is 19.3. The minimum atomic E-state index is -0.962. The number of carboxylic acid groups (broad SMARTS) is 1. The average molecular weight is 293 g/mol. The third-order valence-electron chi connectivity index (χ3n) is 3.82. The van der Waals surface area contributed by atoms with E-state index in [0.29, 0.717) is 17.0 Å². The molecule has 4 heteroatoms. The number of benzene rings is 1. The number of aliphatic carboxylic acids is 1. The van der Waals surface area contributed by atoms with Gasteiger partial charge in [0.15, 0.2) is 5.54 Å². The summed E-state index contributed by atoms with van der Waals surface area (Å²) < 4.78 is 0. The summed E-state index contributed by atoms with van der Waals surface area (Å²) in [6, 6.07) is 9.94. The summed E-state index contributed by atoms with van der Waals surface area (Å²) in [6.07, 6.45) is 3.21. The maximum absolute atomic E-state index is 12.0. The Morgan fingerprint density at radius 1 is 1.45 bits per heavy atom. The van der Waals surface area contributed by atoms with Crippen LogP contribution >= 0.6 is 11.8 Å². The first-order valence-electron chi connectivity index (χ1n) is 7.26. The largest absolute Gasteiger partial charge is 0.480 e. The van der Waals surface area contributed by atoms with E-state index in [1.807, 2.05) is 30.3 Å². The maximum Gasteiger partial charge on any atom is 0.329 e. The van der Waals surface area contributed by atoms with Gasteiger partial charge in [-0.2, -0.15) is 11.8 Å². The van der Waals surface area contributed by atoms with Crippen LogP contribution in [0.15, 0.2) is 30.3 Å². The van der Waals surface area contributed by atoms with Crippen LogP contribution in [-0.4, -0.2) is 28.1 Å². The van der Waals surface area contributed by atoms with E-state index in [4.69, 9.17) is 0 Å². The molecule has 1 aliphatic carbocycles. The molecule has 0 radical (unpaired) electrons. The smallest absolute Gasteiger partial charge is 0.329 e. The first kappa shape index (κ1) is 15.4. The zero-order valence-corrected chi connectivity index (χ0v) is 13.0. The van der Waals surface area contributed by atoms with Gasteiger partial charge in [0.2, 0.25) is 0 Å².